The molecule has 0 radical (unpaired) electrons. The molecule has 0 spiro atoms. The average molecular weight is 467 g/mol. The van der Waals surface area contributed by atoms with Crippen molar-refractivity contribution in [2.24, 2.45) is 22.4 Å². The molecule has 2 rings (SSSR count). The summed E-state index contributed by atoms with van der Waals surface area (Å²) in [5, 5.41) is 3.39. The Morgan fingerprint density at radius 2 is 1.81 bits per heavy atom. The van der Waals surface area contributed by atoms with E-state index >= 15 is 0 Å². The van der Waals surface area contributed by atoms with Gasteiger partial charge in [0.05, 0.1) is 7.11 Å². The second kappa shape index (κ2) is 9.60. The summed E-state index contributed by atoms with van der Waals surface area (Å²) in [7, 11) is -2.88. The number of primary amides is 1. The number of benzene rings is 1. The lowest BCUT2D eigenvalue weighted by Crippen LogP contribution is -2.42. The number of aryl methyl sites for hydroxylation is 2. The van der Waals surface area contributed by atoms with Gasteiger partial charge in [0.25, 0.3) is 15.6 Å². The topological polar surface area (TPSA) is 194 Å². The molecular weight excluding hydrogens is 440 g/mol. The van der Waals surface area contributed by atoms with Crippen molar-refractivity contribution in [2.45, 2.75) is 37.8 Å². The highest BCUT2D eigenvalue weighted by atomic mass is 32.2. The largest absolute Gasteiger partial charge is 0.495 e. The number of nitrogens with one attached hydrogen (secondary N) is 1. The van der Waals surface area contributed by atoms with E-state index in [9.17, 15) is 18.0 Å². The van der Waals surface area contributed by atoms with Crippen molar-refractivity contribution in [3.8, 4) is 5.75 Å². The van der Waals surface area contributed by atoms with Crippen LogP contribution in [0.25, 0.3) is 0 Å². The Hall–Kier alpha value is -3.74. The molecule has 1 aromatic carbocycles. The summed E-state index contributed by atoms with van der Waals surface area (Å²) in [6, 6.07) is 6.01. The number of guanidine groups is 1. The van der Waals surface area contributed by atoms with Gasteiger partial charge in [-0.3, -0.25) is 18.9 Å². The van der Waals surface area contributed by atoms with Gasteiger partial charge >= 0.3 is 0 Å². The quantitative estimate of drug-likeness (QED) is 0.223. The van der Waals surface area contributed by atoms with Crippen molar-refractivity contribution in [1.82, 2.24) is 4.57 Å². The predicted molar refractivity (Wildman–Crippen MR) is 119 cm³/mol. The monoisotopic (exact) mass is 466 g/mol. The lowest BCUT2D eigenvalue weighted by atomic mass is 10.1. The van der Waals surface area contributed by atoms with E-state index in [4.69, 9.17) is 26.8 Å². The van der Waals surface area contributed by atoms with Gasteiger partial charge in [-0.05, 0) is 55.8 Å². The van der Waals surface area contributed by atoms with Gasteiger partial charge in [0.15, 0.2) is 12.1 Å². The Labute approximate surface area is 185 Å². The number of pyridine rings is 1. The molecule has 0 aliphatic carbocycles. The maximum Gasteiger partial charge on any atom is 0.275 e. The molecule has 174 valence electrons. The number of nitrogens with two attached hydrogens (primary N) is 3. The van der Waals surface area contributed by atoms with Gasteiger partial charge in [-0.1, -0.05) is 6.07 Å². The normalized spacial score (nSPS) is 13.0. The first kappa shape index (κ1) is 24.5. The molecule has 12 nitrogen and oxygen atoms in total. The number of anilines is 1. The molecule has 2 unspecified atom stereocenters. The Morgan fingerprint density at radius 3 is 2.38 bits per heavy atom. The zero-order valence-corrected chi connectivity index (χ0v) is 18.8. The molecule has 2 aromatic rings. The van der Waals surface area contributed by atoms with E-state index in [0.717, 1.165) is 4.57 Å². The van der Waals surface area contributed by atoms with Gasteiger partial charge < -0.3 is 26.8 Å². The van der Waals surface area contributed by atoms with Crippen molar-refractivity contribution < 1.29 is 22.8 Å². The molecule has 0 fully saturated rings. The number of nitrogens with zero attached hydrogens (tertiary/aromatic N) is 2. The van der Waals surface area contributed by atoms with Crippen molar-refractivity contribution in [1.29, 1.82) is 0 Å². The number of hydrogen-bond acceptors (Lipinski definition) is 7. The SMILES string of the molecule is COc1ccc(C)cc1S(=O)(=O)Nc1ccc(C)n(C(C(N)=O)C(C)ON=C(N)N)c1=O. The maximum atomic E-state index is 13.2. The van der Waals surface area contributed by atoms with E-state index in [1.165, 1.54) is 38.3 Å². The minimum absolute atomic E-state index is 0.102. The summed E-state index contributed by atoms with van der Waals surface area (Å²) in [6.45, 7) is 4.70. The van der Waals surface area contributed by atoms with E-state index < -0.39 is 39.6 Å². The van der Waals surface area contributed by atoms with Gasteiger partial charge in [0, 0.05) is 5.69 Å². The van der Waals surface area contributed by atoms with Crippen molar-refractivity contribution in [3.05, 3.63) is 51.9 Å². The number of hydrogen-bond donors (Lipinski definition) is 4. The molecule has 0 aliphatic rings. The lowest BCUT2D eigenvalue weighted by Gasteiger charge is -2.24. The molecule has 13 heteroatoms. The van der Waals surface area contributed by atoms with E-state index in [-0.39, 0.29) is 16.3 Å². The van der Waals surface area contributed by atoms with Crippen LogP contribution in [0.3, 0.4) is 0 Å². The van der Waals surface area contributed by atoms with E-state index in [0.29, 0.717) is 11.3 Å². The van der Waals surface area contributed by atoms with Gasteiger partial charge in [-0.2, -0.15) is 0 Å². The number of sulfonamides is 1. The summed E-state index contributed by atoms with van der Waals surface area (Å²) in [6.07, 6.45) is -1.05. The lowest BCUT2D eigenvalue weighted by molar-refractivity contribution is -0.125. The summed E-state index contributed by atoms with van der Waals surface area (Å²) >= 11 is 0. The van der Waals surface area contributed by atoms with Crippen LogP contribution in [-0.4, -0.2) is 38.1 Å². The highest BCUT2D eigenvalue weighted by Crippen LogP contribution is 2.26. The molecule has 7 N–H and O–H groups in total. The fourth-order valence-corrected chi connectivity index (χ4v) is 4.34. The third-order valence-corrected chi connectivity index (χ3v) is 5.90. The van der Waals surface area contributed by atoms with Crippen molar-refractivity contribution in [3.63, 3.8) is 0 Å². The zero-order chi connectivity index (χ0) is 24.2. The third-order valence-electron chi connectivity index (χ3n) is 4.51. The minimum Gasteiger partial charge on any atom is -0.495 e. The van der Waals surface area contributed by atoms with Gasteiger partial charge in [0.2, 0.25) is 11.9 Å². The van der Waals surface area contributed by atoms with E-state index in [2.05, 4.69) is 9.88 Å². The molecule has 0 saturated heterocycles. The molecule has 32 heavy (non-hydrogen) atoms. The van der Waals surface area contributed by atoms with Crippen LogP contribution >= 0.6 is 0 Å². The summed E-state index contributed by atoms with van der Waals surface area (Å²) < 4.78 is 34.4. The molecule has 1 heterocycles. The van der Waals surface area contributed by atoms with Gasteiger partial charge in [-0.25, -0.2) is 8.42 Å². The van der Waals surface area contributed by atoms with Crippen LogP contribution in [0.1, 0.15) is 24.2 Å². The van der Waals surface area contributed by atoms with Crippen LogP contribution in [0.2, 0.25) is 0 Å². The number of oxime groups is 1. The highest BCUT2D eigenvalue weighted by molar-refractivity contribution is 7.92. The Balaban J connectivity index is 2.56. The van der Waals surface area contributed by atoms with E-state index in [1.54, 1.807) is 19.9 Å². The van der Waals surface area contributed by atoms with Crippen LogP contribution in [-0.2, 0) is 19.7 Å². The first-order chi connectivity index (χ1) is 14.9. The molecule has 0 saturated carbocycles. The number of carbonyl (C=O) groups excluding carboxylic acids is 1. The maximum absolute atomic E-state index is 13.2. The van der Waals surface area contributed by atoms with Crippen LogP contribution in [0.15, 0.2) is 45.2 Å². The number of amides is 1. The second-order valence-corrected chi connectivity index (χ2v) is 8.65. The second-order valence-electron chi connectivity index (χ2n) is 7.00. The Morgan fingerprint density at radius 1 is 1.16 bits per heavy atom. The Kier molecular flexibility index (Phi) is 7.36. The smallest absolute Gasteiger partial charge is 0.275 e. The highest BCUT2D eigenvalue weighted by Gasteiger charge is 2.30. The summed E-state index contributed by atoms with van der Waals surface area (Å²) in [5.41, 5.74) is 15.8. The first-order valence-corrected chi connectivity index (χ1v) is 10.8. The summed E-state index contributed by atoms with van der Waals surface area (Å²) in [4.78, 5) is 30.2. The molecule has 1 aromatic heterocycles. The molecule has 0 aliphatic heterocycles. The molecule has 2 atom stereocenters. The number of carbonyl (C=O) groups is 1. The number of methoxy groups -OCH3 is 1. The zero-order valence-electron chi connectivity index (χ0n) is 18.0. The molecule has 0 bridgehead atoms. The number of aromatic nitrogens is 1. The van der Waals surface area contributed by atoms with Crippen molar-refractivity contribution >= 4 is 27.6 Å². The predicted octanol–water partition coefficient (Wildman–Crippen LogP) is -0.106. The third kappa shape index (κ3) is 5.29. The van der Waals surface area contributed by atoms with Gasteiger partial charge in [0.1, 0.15) is 16.3 Å². The Bertz CT molecular complexity index is 1200. The number of rotatable bonds is 9. The van der Waals surface area contributed by atoms with E-state index in [1.807, 2.05) is 0 Å². The molecule has 1 amide bonds. The standard InChI is InChI=1S/C19H26N6O6S/c1-10-5-8-14(30-4)15(9-10)32(28,29)24-13-7-6-11(2)25(18(13)27)16(17(20)26)12(3)31-23-19(21)22/h5-9,12,16,24H,1-4H3,(H2,20,26)(H4,21,22,23). The number of ether oxygens (including phenoxy) is 1. The minimum atomic E-state index is -4.21. The van der Waals surface area contributed by atoms with Crippen LogP contribution in [0.5, 0.6) is 5.75 Å². The first-order valence-electron chi connectivity index (χ1n) is 9.32. The molecular formula is C19H26N6O6S. The van der Waals surface area contributed by atoms with Crippen LogP contribution in [0.4, 0.5) is 5.69 Å². The fraction of sp³-hybridized carbons (Fsp3) is 0.316. The summed E-state index contributed by atoms with van der Waals surface area (Å²) in [5.74, 6) is -1.20. The average Bonchev–Trinajstić information content (AvgIpc) is 2.71. The van der Waals surface area contributed by atoms with Crippen LogP contribution in [0, 0.1) is 13.8 Å². The van der Waals surface area contributed by atoms with Gasteiger partial charge in [-0.15, -0.1) is 0 Å². The van der Waals surface area contributed by atoms with Crippen molar-refractivity contribution in [2.75, 3.05) is 11.8 Å². The van der Waals surface area contributed by atoms with Crippen LogP contribution < -0.4 is 32.2 Å². The fourth-order valence-electron chi connectivity index (χ4n) is 3.03.